The van der Waals surface area contributed by atoms with Crippen LogP contribution in [-0.4, -0.2) is 12.6 Å². The van der Waals surface area contributed by atoms with Gasteiger partial charge in [-0.15, -0.1) is 0 Å². The van der Waals surface area contributed by atoms with E-state index in [-0.39, 0.29) is 5.97 Å². The number of hydrogen-bond donors (Lipinski definition) is 0. The lowest BCUT2D eigenvalue weighted by Crippen LogP contribution is -1.98. The van der Waals surface area contributed by atoms with Gasteiger partial charge in [-0.2, -0.15) is 0 Å². The molecule has 62 valence electrons. The number of carbonyl (C=O) groups excluding carboxylic acids is 1. The van der Waals surface area contributed by atoms with Gasteiger partial charge in [0, 0.05) is 6.08 Å². The summed E-state index contributed by atoms with van der Waals surface area (Å²) in [6, 6.07) is 0. The molecule has 0 fully saturated rings. The molecular formula is C8H11BrO2. The Kier molecular flexibility index (Phi) is 5.84. The quantitative estimate of drug-likeness (QED) is 0.414. The summed E-state index contributed by atoms with van der Waals surface area (Å²) in [5.41, 5.74) is 0. The lowest BCUT2D eigenvalue weighted by Gasteiger charge is -1.92. The molecule has 0 bridgehead atoms. The van der Waals surface area contributed by atoms with Crippen molar-refractivity contribution in [2.45, 2.75) is 13.8 Å². The van der Waals surface area contributed by atoms with Crippen molar-refractivity contribution in [1.82, 2.24) is 0 Å². The summed E-state index contributed by atoms with van der Waals surface area (Å²) < 4.78 is 5.62. The number of allylic oxidation sites excluding steroid dienone is 3. The van der Waals surface area contributed by atoms with Gasteiger partial charge in [0.15, 0.2) is 0 Å². The van der Waals surface area contributed by atoms with Crippen LogP contribution in [-0.2, 0) is 9.53 Å². The maximum Gasteiger partial charge on any atom is 0.330 e. The first kappa shape index (κ1) is 10.4. The van der Waals surface area contributed by atoms with E-state index in [0.717, 1.165) is 4.48 Å². The molecule has 0 spiro atoms. The fourth-order valence-corrected chi connectivity index (χ4v) is 0.602. The van der Waals surface area contributed by atoms with Gasteiger partial charge in [-0.05, 0) is 18.3 Å². The maximum atomic E-state index is 10.7. The second kappa shape index (κ2) is 6.16. The van der Waals surface area contributed by atoms with Crippen molar-refractivity contribution in [2.24, 2.45) is 0 Å². The topological polar surface area (TPSA) is 26.3 Å². The van der Waals surface area contributed by atoms with Crippen molar-refractivity contribution in [3.8, 4) is 0 Å². The lowest BCUT2D eigenvalue weighted by atomic mass is 10.4. The van der Waals surface area contributed by atoms with Crippen molar-refractivity contribution in [1.29, 1.82) is 0 Å². The van der Waals surface area contributed by atoms with E-state index in [2.05, 4.69) is 20.7 Å². The Labute approximate surface area is 75.1 Å². The second-order valence-corrected chi connectivity index (χ2v) is 3.12. The first-order valence-electron chi connectivity index (χ1n) is 3.34. The minimum absolute atomic E-state index is 0.308. The van der Waals surface area contributed by atoms with Crippen molar-refractivity contribution in [3.05, 3.63) is 22.7 Å². The number of esters is 1. The van der Waals surface area contributed by atoms with Crippen molar-refractivity contribution in [3.63, 3.8) is 0 Å². The number of hydrogen-bond acceptors (Lipinski definition) is 2. The molecule has 3 heteroatoms. The van der Waals surface area contributed by atoms with E-state index in [0.29, 0.717) is 6.61 Å². The standard InChI is InChI=1S/C8H11BrO2/c1-3-11-8(10)6-4-5-7(2)9/h4-6H,3H2,1-2H3/b6-4+,7-5+. The molecule has 0 saturated heterocycles. The van der Waals surface area contributed by atoms with Gasteiger partial charge >= 0.3 is 5.97 Å². The molecule has 0 unspecified atom stereocenters. The first-order valence-corrected chi connectivity index (χ1v) is 4.13. The van der Waals surface area contributed by atoms with Gasteiger partial charge in [-0.25, -0.2) is 4.79 Å². The molecule has 0 N–H and O–H groups in total. The van der Waals surface area contributed by atoms with Crippen LogP contribution in [0.4, 0.5) is 0 Å². The predicted molar refractivity (Wildman–Crippen MR) is 48.5 cm³/mol. The van der Waals surface area contributed by atoms with Crippen LogP contribution in [0.5, 0.6) is 0 Å². The molecule has 0 aliphatic carbocycles. The number of rotatable bonds is 3. The fraction of sp³-hybridized carbons (Fsp3) is 0.375. The molecule has 2 nitrogen and oxygen atoms in total. The molecule has 0 aromatic carbocycles. The molecule has 0 aliphatic heterocycles. The molecule has 0 radical (unpaired) electrons. The zero-order valence-electron chi connectivity index (χ0n) is 6.63. The van der Waals surface area contributed by atoms with Crippen molar-refractivity contribution in [2.75, 3.05) is 6.61 Å². The lowest BCUT2D eigenvalue weighted by molar-refractivity contribution is -0.137. The average Bonchev–Trinajstić information content (AvgIpc) is 1.87. The van der Waals surface area contributed by atoms with E-state index in [1.54, 1.807) is 19.1 Å². The molecule has 11 heavy (non-hydrogen) atoms. The Balaban J connectivity index is 3.74. The van der Waals surface area contributed by atoms with E-state index in [4.69, 9.17) is 0 Å². The third kappa shape index (κ3) is 7.33. The molecule has 0 heterocycles. The van der Waals surface area contributed by atoms with E-state index >= 15 is 0 Å². The van der Waals surface area contributed by atoms with Crippen LogP contribution in [0.3, 0.4) is 0 Å². The average molecular weight is 219 g/mol. The predicted octanol–water partition coefficient (Wildman–Crippen LogP) is 2.40. The Hall–Kier alpha value is -0.570. The minimum atomic E-state index is -0.308. The molecule has 0 atom stereocenters. The van der Waals surface area contributed by atoms with Crippen LogP contribution >= 0.6 is 15.9 Å². The minimum Gasteiger partial charge on any atom is -0.463 e. The van der Waals surface area contributed by atoms with E-state index in [1.165, 1.54) is 6.08 Å². The van der Waals surface area contributed by atoms with Crippen LogP contribution in [0.2, 0.25) is 0 Å². The van der Waals surface area contributed by atoms with E-state index in [9.17, 15) is 4.79 Å². The molecular weight excluding hydrogens is 208 g/mol. The molecule has 0 saturated carbocycles. The summed E-state index contributed by atoms with van der Waals surface area (Å²) >= 11 is 3.22. The first-order chi connectivity index (χ1) is 5.16. The summed E-state index contributed by atoms with van der Waals surface area (Å²) in [6.07, 6.45) is 4.80. The fourth-order valence-electron chi connectivity index (χ4n) is 0.450. The van der Waals surface area contributed by atoms with Gasteiger partial charge in [-0.1, -0.05) is 28.1 Å². The van der Waals surface area contributed by atoms with Gasteiger partial charge < -0.3 is 4.74 Å². The maximum absolute atomic E-state index is 10.7. The summed E-state index contributed by atoms with van der Waals surface area (Å²) in [5.74, 6) is -0.308. The van der Waals surface area contributed by atoms with Crippen LogP contribution < -0.4 is 0 Å². The zero-order chi connectivity index (χ0) is 8.69. The summed E-state index contributed by atoms with van der Waals surface area (Å²) in [7, 11) is 0. The van der Waals surface area contributed by atoms with Crippen LogP contribution in [0.15, 0.2) is 22.7 Å². The molecule has 0 aromatic heterocycles. The highest BCUT2D eigenvalue weighted by Crippen LogP contribution is 2.01. The SMILES string of the molecule is CCOC(=O)/C=C/C=C(\C)Br. The molecule has 0 rings (SSSR count). The number of ether oxygens (including phenoxy) is 1. The van der Waals surface area contributed by atoms with Gasteiger partial charge in [0.25, 0.3) is 0 Å². The van der Waals surface area contributed by atoms with Crippen LogP contribution in [0.25, 0.3) is 0 Å². The van der Waals surface area contributed by atoms with Gasteiger partial charge in [0.05, 0.1) is 6.61 Å². The van der Waals surface area contributed by atoms with Crippen LogP contribution in [0.1, 0.15) is 13.8 Å². The van der Waals surface area contributed by atoms with Crippen molar-refractivity contribution < 1.29 is 9.53 Å². The summed E-state index contributed by atoms with van der Waals surface area (Å²) in [5, 5.41) is 0. The third-order valence-corrected chi connectivity index (χ3v) is 1.11. The molecule has 0 amide bonds. The highest BCUT2D eigenvalue weighted by atomic mass is 79.9. The largest absolute Gasteiger partial charge is 0.463 e. The Morgan fingerprint density at radius 1 is 1.64 bits per heavy atom. The van der Waals surface area contributed by atoms with E-state index < -0.39 is 0 Å². The van der Waals surface area contributed by atoms with Gasteiger partial charge in [0.2, 0.25) is 0 Å². The van der Waals surface area contributed by atoms with E-state index in [1.807, 2.05) is 6.92 Å². The molecule has 0 aromatic rings. The normalized spacial score (nSPS) is 12.1. The second-order valence-electron chi connectivity index (χ2n) is 1.86. The Morgan fingerprint density at radius 2 is 2.27 bits per heavy atom. The monoisotopic (exact) mass is 218 g/mol. The van der Waals surface area contributed by atoms with Crippen LogP contribution in [0, 0.1) is 0 Å². The smallest absolute Gasteiger partial charge is 0.330 e. The number of halogens is 1. The Bertz CT molecular complexity index is 179. The zero-order valence-corrected chi connectivity index (χ0v) is 8.22. The molecule has 0 aliphatic rings. The summed E-state index contributed by atoms with van der Waals surface area (Å²) in [4.78, 5) is 10.7. The highest BCUT2D eigenvalue weighted by molar-refractivity contribution is 9.11. The number of carbonyl (C=O) groups is 1. The van der Waals surface area contributed by atoms with Gasteiger partial charge in [-0.3, -0.25) is 0 Å². The van der Waals surface area contributed by atoms with Crippen molar-refractivity contribution >= 4 is 21.9 Å². The van der Waals surface area contributed by atoms with Gasteiger partial charge in [0.1, 0.15) is 0 Å². The third-order valence-electron chi connectivity index (χ3n) is 0.845. The highest BCUT2D eigenvalue weighted by Gasteiger charge is 1.89. The summed E-state index contributed by atoms with van der Waals surface area (Å²) in [6.45, 7) is 4.08. The Morgan fingerprint density at radius 3 is 2.73 bits per heavy atom.